The third-order valence-electron chi connectivity index (χ3n) is 5.85. The van der Waals surface area contributed by atoms with Crippen LogP contribution in [-0.4, -0.2) is 77.4 Å². The molecule has 0 saturated carbocycles. The molecule has 15 heteroatoms. The van der Waals surface area contributed by atoms with Crippen molar-refractivity contribution in [2.24, 2.45) is 0 Å². The summed E-state index contributed by atoms with van der Waals surface area (Å²) in [5.41, 5.74) is 4.11. The summed E-state index contributed by atoms with van der Waals surface area (Å²) < 4.78 is 27.1. The Morgan fingerprint density at radius 3 is 2.61 bits per heavy atom. The maximum Gasteiger partial charge on any atom is 0.348 e. The van der Waals surface area contributed by atoms with Crippen LogP contribution in [0.1, 0.15) is 17.4 Å². The fourth-order valence-corrected chi connectivity index (χ4v) is 4.20. The topological polar surface area (TPSA) is 183 Å². The first-order valence-electron chi connectivity index (χ1n) is 10.4. The van der Waals surface area contributed by atoms with Crippen LogP contribution in [0.2, 0.25) is 10.3 Å². The number of aryl methyl sites for hydroxylation is 1. The van der Waals surface area contributed by atoms with Crippen LogP contribution in [0.25, 0.3) is 11.2 Å². The number of alkyl halides is 1. The number of hydrogen-bond acceptors (Lipinski definition) is 9. The second kappa shape index (κ2) is 9.75. The lowest BCUT2D eigenvalue weighted by Gasteiger charge is -2.27. The van der Waals surface area contributed by atoms with E-state index in [0.717, 1.165) is 4.57 Å². The molecule has 192 valence electrons. The van der Waals surface area contributed by atoms with Crippen LogP contribution >= 0.6 is 23.2 Å². The van der Waals surface area contributed by atoms with E-state index in [-0.39, 0.29) is 22.3 Å². The number of nitrogens with zero attached hydrogens (tertiary/aromatic N) is 4. The molecule has 1 aromatic carbocycles. The van der Waals surface area contributed by atoms with Crippen molar-refractivity contribution >= 4 is 52.1 Å². The first-order chi connectivity index (χ1) is 16.9. The normalized spacial score (nSPS) is 22.2. The minimum absolute atomic E-state index is 0.0393. The number of carboxylic acid groups (broad SMARTS) is 2. The molecule has 0 aliphatic carbocycles. The first kappa shape index (κ1) is 26.0. The summed E-state index contributed by atoms with van der Waals surface area (Å²) in [6, 6.07) is 4.50. The van der Waals surface area contributed by atoms with E-state index in [2.05, 4.69) is 15.0 Å². The average molecular weight is 544 g/mol. The standard InChI is InChI=1S/C21H20Cl2FN5O7/c1-8-4-9(2-3-10(8)22)5-21(18(31)32,19(33)34)35-6-11-14(30)12(24)17(36-11)29-7-26-13-15(25)27-20(23)28-16(13)29/h2-4,7,11-12,14,17,30H,5-6H2,1H3,(H,31,32)(H,33,34)(H2,25,27,28)/t11-,12+,14-,17-/m1/s1. The molecule has 2 aromatic heterocycles. The van der Waals surface area contributed by atoms with Gasteiger partial charge in [0.15, 0.2) is 23.9 Å². The van der Waals surface area contributed by atoms with Crippen molar-refractivity contribution in [3.8, 4) is 0 Å². The minimum atomic E-state index is -2.75. The average Bonchev–Trinajstić information content (AvgIpc) is 3.34. The summed E-state index contributed by atoms with van der Waals surface area (Å²) in [5.74, 6) is -3.63. The van der Waals surface area contributed by atoms with Gasteiger partial charge in [0.2, 0.25) is 5.28 Å². The Bertz CT molecular complexity index is 1330. The molecule has 4 rings (SSSR count). The quantitative estimate of drug-likeness (QED) is 0.240. The molecule has 0 bridgehead atoms. The van der Waals surface area contributed by atoms with E-state index < -0.39 is 55.2 Å². The van der Waals surface area contributed by atoms with Crippen LogP contribution in [0.3, 0.4) is 0 Å². The zero-order chi connectivity index (χ0) is 26.4. The number of carbonyl (C=O) groups is 2. The number of halogens is 3. The molecular weight excluding hydrogens is 524 g/mol. The molecule has 3 heterocycles. The zero-order valence-corrected chi connectivity index (χ0v) is 20.0. The van der Waals surface area contributed by atoms with Crippen LogP contribution in [0, 0.1) is 6.92 Å². The van der Waals surface area contributed by atoms with Crippen molar-refractivity contribution in [1.82, 2.24) is 19.5 Å². The molecule has 1 aliphatic rings. The molecule has 0 radical (unpaired) electrons. The number of aliphatic hydroxyl groups is 1. The van der Waals surface area contributed by atoms with Gasteiger partial charge in [-0.3, -0.25) is 4.57 Å². The van der Waals surface area contributed by atoms with Gasteiger partial charge in [-0.25, -0.2) is 19.0 Å². The van der Waals surface area contributed by atoms with Crippen LogP contribution in [0.15, 0.2) is 24.5 Å². The van der Waals surface area contributed by atoms with Gasteiger partial charge in [-0.15, -0.1) is 0 Å². The molecule has 0 spiro atoms. The molecule has 4 atom stereocenters. The van der Waals surface area contributed by atoms with Crippen molar-refractivity contribution in [3.05, 3.63) is 46.0 Å². The summed E-state index contributed by atoms with van der Waals surface area (Å²) in [7, 11) is 0. The number of imidazole rings is 1. The number of nitrogens with two attached hydrogens (primary N) is 1. The number of anilines is 1. The monoisotopic (exact) mass is 543 g/mol. The first-order valence-corrected chi connectivity index (χ1v) is 11.2. The highest BCUT2D eigenvalue weighted by molar-refractivity contribution is 6.31. The number of aromatic nitrogens is 4. The third kappa shape index (κ3) is 4.55. The number of ether oxygens (including phenoxy) is 2. The fourth-order valence-electron chi connectivity index (χ4n) is 3.91. The number of fused-ring (bicyclic) bond motifs is 1. The van der Waals surface area contributed by atoms with E-state index in [1.165, 1.54) is 24.5 Å². The molecule has 0 amide bonds. The smallest absolute Gasteiger partial charge is 0.348 e. The van der Waals surface area contributed by atoms with Gasteiger partial charge >= 0.3 is 11.9 Å². The number of hydrogen-bond donors (Lipinski definition) is 4. The van der Waals surface area contributed by atoms with E-state index in [4.69, 9.17) is 38.4 Å². The largest absolute Gasteiger partial charge is 0.479 e. The highest BCUT2D eigenvalue weighted by Gasteiger charge is 2.52. The van der Waals surface area contributed by atoms with Gasteiger partial charge < -0.3 is 30.5 Å². The summed E-state index contributed by atoms with van der Waals surface area (Å²) in [5, 5.41) is 30.2. The van der Waals surface area contributed by atoms with Crippen molar-refractivity contribution in [3.63, 3.8) is 0 Å². The molecule has 5 N–H and O–H groups in total. The van der Waals surface area contributed by atoms with Crippen LogP contribution < -0.4 is 5.73 Å². The Morgan fingerprint density at radius 1 is 1.28 bits per heavy atom. The van der Waals surface area contributed by atoms with Crippen molar-refractivity contribution in [1.29, 1.82) is 0 Å². The van der Waals surface area contributed by atoms with Gasteiger partial charge in [-0.1, -0.05) is 23.7 Å². The predicted octanol–water partition coefficient (Wildman–Crippen LogP) is 1.79. The lowest BCUT2D eigenvalue weighted by atomic mass is 9.93. The number of aliphatic hydroxyl groups excluding tert-OH is 1. The Kier molecular flexibility index (Phi) is 7.03. The SMILES string of the molecule is Cc1cc(CC(OC[C@H]2O[C@@H](n3cnc4c(N)nc(Cl)nc43)[C@@H](F)[C@@H]2O)(C(=O)O)C(=O)O)ccc1Cl. The molecule has 12 nitrogen and oxygen atoms in total. The number of nitrogen functional groups attached to an aromatic ring is 1. The van der Waals surface area contributed by atoms with Crippen LogP contribution in [0.4, 0.5) is 10.2 Å². The summed E-state index contributed by atoms with van der Waals surface area (Å²) in [6.07, 6.45) is -6.12. The third-order valence-corrected chi connectivity index (χ3v) is 6.44. The van der Waals surface area contributed by atoms with Crippen molar-refractivity contribution in [2.75, 3.05) is 12.3 Å². The molecule has 1 fully saturated rings. The van der Waals surface area contributed by atoms with E-state index in [9.17, 15) is 24.9 Å². The second-order valence-corrected chi connectivity index (χ2v) is 8.96. The van der Waals surface area contributed by atoms with E-state index in [0.29, 0.717) is 16.1 Å². The van der Waals surface area contributed by atoms with Crippen LogP contribution in [-0.2, 0) is 25.5 Å². The fraction of sp³-hybridized carbons (Fsp3) is 0.381. The maximum absolute atomic E-state index is 15.1. The van der Waals surface area contributed by atoms with Gasteiger partial charge in [-0.05, 0) is 35.7 Å². The van der Waals surface area contributed by atoms with Gasteiger partial charge in [0.05, 0.1) is 12.9 Å². The Hall–Kier alpha value is -3.10. The van der Waals surface area contributed by atoms with E-state index in [1.54, 1.807) is 6.92 Å². The highest BCUT2D eigenvalue weighted by Crippen LogP contribution is 2.35. The predicted molar refractivity (Wildman–Crippen MR) is 123 cm³/mol. The number of aliphatic carboxylic acids is 2. The lowest BCUT2D eigenvalue weighted by molar-refractivity contribution is -0.190. The maximum atomic E-state index is 15.1. The lowest BCUT2D eigenvalue weighted by Crippen LogP contribution is -2.52. The van der Waals surface area contributed by atoms with Gasteiger partial charge in [0.25, 0.3) is 5.60 Å². The summed E-state index contributed by atoms with van der Waals surface area (Å²) >= 11 is 11.8. The van der Waals surface area contributed by atoms with Gasteiger partial charge in [0, 0.05) is 11.4 Å². The number of benzene rings is 1. The van der Waals surface area contributed by atoms with Crippen LogP contribution in [0.5, 0.6) is 0 Å². The number of carboxylic acids is 2. The van der Waals surface area contributed by atoms with Crippen molar-refractivity contribution in [2.45, 2.75) is 43.6 Å². The molecule has 36 heavy (non-hydrogen) atoms. The molecule has 1 aliphatic heterocycles. The van der Waals surface area contributed by atoms with Gasteiger partial charge in [-0.2, -0.15) is 9.97 Å². The molecule has 0 unspecified atom stereocenters. The molecular formula is C21H20Cl2FN5O7. The van der Waals surface area contributed by atoms with E-state index in [1.807, 2.05) is 0 Å². The zero-order valence-electron chi connectivity index (χ0n) is 18.5. The minimum Gasteiger partial charge on any atom is -0.479 e. The summed E-state index contributed by atoms with van der Waals surface area (Å²) in [4.78, 5) is 35.9. The van der Waals surface area contributed by atoms with Crippen molar-refractivity contribution < 1.29 is 38.8 Å². The Morgan fingerprint density at radius 2 is 1.97 bits per heavy atom. The van der Waals surface area contributed by atoms with Gasteiger partial charge in [0.1, 0.15) is 17.7 Å². The Balaban J connectivity index is 1.58. The second-order valence-electron chi connectivity index (χ2n) is 8.21. The highest BCUT2D eigenvalue weighted by atomic mass is 35.5. The summed E-state index contributed by atoms with van der Waals surface area (Å²) in [6.45, 7) is 0.916. The molecule has 3 aromatic rings. The Labute approximate surface area is 212 Å². The number of rotatable bonds is 8. The van der Waals surface area contributed by atoms with E-state index >= 15 is 4.39 Å². The molecule has 1 saturated heterocycles.